The van der Waals surface area contributed by atoms with E-state index in [1.54, 1.807) is 12.1 Å². The first kappa shape index (κ1) is 12.5. The van der Waals surface area contributed by atoms with Crippen molar-refractivity contribution < 1.29 is 8.60 Å². The van der Waals surface area contributed by atoms with Crippen LogP contribution in [0.4, 0.5) is 10.1 Å². The molecular weight excluding hydrogens is 281 g/mol. The summed E-state index contributed by atoms with van der Waals surface area (Å²) in [6.45, 7) is 0. The van der Waals surface area contributed by atoms with Gasteiger partial charge in [0.2, 0.25) is 0 Å². The van der Waals surface area contributed by atoms with Crippen molar-refractivity contribution >= 4 is 39.4 Å². The Labute approximate surface area is 110 Å². The zero-order valence-corrected chi connectivity index (χ0v) is 11.0. The Hall–Kier alpha value is -0.910. The van der Waals surface area contributed by atoms with Crippen LogP contribution in [0.15, 0.2) is 35.2 Å². The maximum atomic E-state index is 13.2. The highest BCUT2D eigenvalue weighted by atomic mass is 35.5. The fourth-order valence-corrected chi connectivity index (χ4v) is 3.71. The molecule has 17 heavy (non-hydrogen) atoms. The molecule has 1 heterocycles. The smallest absolute Gasteiger partial charge is 0.147 e. The summed E-state index contributed by atoms with van der Waals surface area (Å²) in [4.78, 5) is 1.34. The first-order chi connectivity index (χ1) is 8.06. The lowest BCUT2D eigenvalue weighted by atomic mass is 10.3. The maximum Gasteiger partial charge on any atom is 0.147 e. The number of anilines is 1. The molecule has 1 atom stereocenters. The SMILES string of the molecule is Nc1ccc(S(=O)Cc2ccc(Cl)s2)cc1F. The van der Waals surface area contributed by atoms with E-state index in [9.17, 15) is 8.60 Å². The first-order valence-corrected chi connectivity index (χ1v) is 7.25. The number of hydrogen-bond donors (Lipinski definition) is 1. The van der Waals surface area contributed by atoms with Gasteiger partial charge in [-0.15, -0.1) is 11.3 Å². The molecule has 1 aromatic carbocycles. The van der Waals surface area contributed by atoms with Crippen molar-refractivity contribution in [3.05, 3.63) is 45.4 Å². The molecule has 2 N–H and O–H groups in total. The highest BCUT2D eigenvalue weighted by molar-refractivity contribution is 7.84. The summed E-state index contributed by atoms with van der Waals surface area (Å²) in [5, 5.41) is 0. The van der Waals surface area contributed by atoms with Gasteiger partial charge >= 0.3 is 0 Å². The molecular formula is C11H9ClFNOS2. The summed E-state index contributed by atoms with van der Waals surface area (Å²) >= 11 is 7.15. The van der Waals surface area contributed by atoms with Crippen molar-refractivity contribution in [1.29, 1.82) is 0 Å². The van der Waals surface area contributed by atoms with E-state index in [0.717, 1.165) is 4.88 Å². The lowest BCUT2D eigenvalue weighted by molar-refractivity contribution is 0.627. The van der Waals surface area contributed by atoms with E-state index in [2.05, 4.69) is 0 Å². The van der Waals surface area contributed by atoms with E-state index in [1.807, 2.05) is 6.07 Å². The molecule has 2 aromatic rings. The molecule has 0 amide bonds. The van der Waals surface area contributed by atoms with Gasteiger partial charge in [0.05, 0.1) is 26.6 Å². The average molecular weight is 290 g/mol. The van der Waals surface area contributed by atoms with E-state index in [4.69, 9.17) is 17.3 Å². The van der Waals surface area contributed by atoms with Crippen molar-refractivity contribution in [2.75, 3.05) is 5.73 Å². The third kappa shape index (κ3) is 3.06. The van der Waals surface area contributed by atoms with Crippen LogP contribution < -0.4 is 5.73 Å². The summed E-state index contributed by atoms with van der Waals surface area (Å²) in [5.41, 5.74) is 5.42. The van der Waals surface area contributed by atoms with Crippen molar-refractivity contribution in [1.82, 2.24) is 0 Å². The minimum Gasteiger partial charge on any atom is -0.396 e. The molecule has 6 heteroatoms. The van der Waals surface area contributed by atoms with E-state index in [0.29, 0.717) is 15.0 Å². The predicted molar refractivity (Wildman–Crippen MR) is 70.3 cm³/mol. The molecule has 1 aromatic heterocycles. The van der Waals surface area contributed by atoms with Crippen molar-refractivity contribution in [2.24, 2.45) is 0 Å². The van der Waals surface area contributed by atoms with E-state index < -0.39 is 16.6 Å². The highest BCUT2D eigenvalue weighted by Gasteiger charge is 2.09. The van der Waals surface area contributed by atoms with E-state index in [1.165, 1.54) is 23.5 Å². The Morgan fingerprint density at radius 2 is 2.12 bits per heavy atom. The molecule has 0 aliphatic carbocycles. The fourth-order valence-electron chi connectivity index (χ4n) is 1.29. The lowest BCUT2D eigenvalue weighted by Gasteiger charge is -2.02. The van der Waals surface area contributed by atoms with Gasteiger partial charge in [-0.2, -0.15) is 0 Å². The number of nitrogen functional groups attached to an aromatic ring is 1. The van der Waals surface area contributed by atoms with Gasteiger partial charge in [-0.1, -0.05) is 11.6 Å². The topological polar surface area (TPSA) is 43.1 Å². The van der Waals surface area contributed by atoms with Gasteiger partial charge in [0.15, 0.2) is 0 Å². The number of hydrogen-bond acceptors (Lipinski definition) is 3. The number of benzene rings is 1. The number of nitrogens with two attached hydrogens (primary N) is 1. The van der Waals surface area contributed by atoms with Crippen molar-refractivity contribution in [2.45, 2.75) is 10.6 Å². The quantitative estimate of drug-likeness (QED) is 0.880. The Morgan fingerprint density at radius 3 is 2.71 bits per heavy atom. The Morgan fingerprint density at radius 1 is 1.35 bits per heavy atom. The molecule has 2 rings (SSSR count). The Kier molecular flexibility index (Phi) is 3.81. The standard InChI is InChI=1S/C11H9ClFNOS2/c12-11-4-1-7(16-11)6-17(15)8-2-3-10(14)9(13)5-8/h1-5H,6,14H2. The third-order valence-electron chi connectivity index (χ3n) is 2.14. The van der Waals surface area contributed by atoms with E-state index >= 15 is 0 Å². The van der Waals surface area contributed by atoms with Crippen LogP contribution in [0.1, 0.15) is 4.88 Å². The highest BCUT2D eigenvalue weighted by Crippen LogP contribution is 2.24. The van der Waals surface area contributed by atoms with Gasteiger partial charge in [0.1, 0.15) is 5.82 Å². The zero-order valence-electron chi connectivity index (χ0n) is 8.65. The minimum atomic E-state index is -1.28. The van der Waals surface area contributed by atoms with Crippen LogP contribution in [0, 0.1) is 5.82 Å². The van der Waals surface area contributed by atoms with Gasteiger partial charge in [-0.05, 0) is 30.3 Å². The van der Waals surface area contributed by atoms with Crippen molar-refractivity contribution in [3.8, 4) is 0 Å². The normalized spacial score (nSPS) is 12.6. The summed E-state index contributed by atoms with van der Waals surface area (Å²) in [6, 6.07) is 7.77. The molecule has 0 saturated carbocycles. The second kappa shape index (κ2) is 5.16. The van der Waals surface area contributed by atoms with Gasteiger partial charge < -0.3 is 5.73 Å². The number of thiophene rings is 1. The Bertz CT molecular complexity index is 570. The van der Waals surface area contributed by atoms with Gasteiger partial charge in [-0.25, -0.2) is 4.39 Å². The van der Waals surface area contributed by atoms with Gasteiger partial charge in [0.25, 0.3) is 0 Å². The molecule has 90 valence electrons. The molecule has 0 fully saturated rings. The largest absolute Gasteiger partial charge is 0.396 e. The molecule has 0 saturated heterocycles. The zero-order chi connectivity index (χ0) is 12.4. The van der Waals surface area contributed by atoms with Gasteiger partial charge in [0, 0.05) is 9.77 Å². The van der Waals surface area contributed by atoms with Gasteiger partial charge in [-0.3, -0.25) is 4.21 Å². The van der Waals surface area contributed by atoms with E-state index in [-0.39, 0.29) is 5.69 Å². The lowest BCUT2D eigenvalue weighted by Crippen LogP contribution is -1.97. The summed E-state index contributed by atoms with van der Waals surface area (Å²) < 4.78 is 25.8. The second-order valence-corrected chi connectivity index (χ2v) is 6.63. The Balaban J connectivity index is 2.17. The first-order valence-electron chi connectivity index (χ1n) is 4.74. The van der Waals surface area contributed by atoms with Crippen LogP contribution in [0.5, 0.6) is 0 Å². The molecule has 0 radical (unpaired) electrons. The van der Waals surface area contributed by atoms with Crippen LogP contribution in [-0.4, -0.2) is 4.21 Å². The van der Waals surface area contributed by atoms with Crippen molar-refractivity contribution in [3.63, 3.8) is 0 Å². The molecule has 0 aliphatic rings. The predicted octanol–water partition coefficient (Wildman–Crippen LogP) is 3.43. The monoisotopic (exact) mass is 289 g/mol. The van der Waals surface area contributed by atoms with Crippen LogP contribution >= 0.6 is 22.9 Å². The van der Waals surface area contributed by atoms with Crippen LogP contribution in [0.2, 0.25) is 4.34 Å². The summed E-state index contributed by atoms with van der Waals surface area (Å²) in [7, 11) is -1.28. The molecule has 2 nitrogen and oxygen atoms in total. The maximum absolute atomic E-state index is 13.2. The molecule has 0 spiro atoms. The molecule has 0 bridgehead atoms. The molecule has 1 unspecified atom stereocenters. The average Bonchev–Trinajstić information content (AvgIpc) is 2.68. The van der Waals surface area contributed by atoms with Crippen LogP contribution in [0.3, 0.4) is 0 Å². The molecule has 0 aliphatic heterocycles. The van der Waals surface area contributed by atoms with Crippen LogP contribution in [0.25, 0.3) is 0 Å². The second-order valence-electron chi connectivity index (χ2n) is 3.38. The minimum absolute atomic E-state index is 0.0601. The summed E-state index contributed by atoms with van der Waals surface area (Å²) in [5.74, 6) is -0.208. The fraction of sp³-hybridized carbons (Fsp3) is 0.0909. The third-order valence-corrected chi connectivity index (χ3v) is 4.90. The number of rotatable bonds is 3. The number of halogens is 2. The summed E-state index contributed by atoms with van der Waals surface area (Å²) in [6.07, 6.45) is 0. The van der Waals surface area contributed by atoms with Crippen LogP contribution in [-0.2, 0) is 16.6 Å².